The van der Waals surface area contributed by atoms with Crippen molar-refractivity contribution in [3.63, 3.8) is 0 Å². The highest BCUT2D eigenvalue weighted by molar-refractivity contribution is 5.78. The van der Waals surface area contributed by atoms with Gasteiger partial charge in [-0.2, -0.15) is 0 Å². The van der Waals surface area contributed by atoms with Crippen LogP contribution in [0.2, 0.25) is 0 Å². The summed E-state index contributed by atoms with van der Waals surface area (Å²) in [6, 6.07) is 5.64. The average Bonchev–Trinajstić information content (AvgIpc) is 2.43. The Bertz CT molecular complexity index is 485. The Morgan fingerprint density at radius 3 is 2.48 bits per heavy atom. The summed E-state index contributed by atoms with van der Waals surface area (Å²) < 4.78 is 18.0. The van der Waals surface area contributed by atoms with E-state index >= 15 is 0 Å². The molecule has 1 aromatic rings. The maximum Gasteiger partial charge on any atom is 0.310 e. The number of hydrogen-bond donors (Lipinski definition) is 2. The van der Waals surface area contributed by atoms with Crippen LogP contribution >= 0.6 is 0 Å². The molecule has 0 aromatic heterocycles. The molecule has 1 aromatic carbocycles. The van der Waals surface area contributed by atoms with Gasteiger partial charge in [0.2, 0.25) is 5.91 Å². The van der Waals surface area contributed by atoms with Gasteiger partial charge < -0.3 is 15.2 Å². The zero-order valence-electron chi connectivity index (χ0n) is 12.2. The number of carbonyl (C=O) groups excluding carboxylic acids is 1. The van der Waals surface area contributed by atoms with Gasteiger partial charge in [-0.25, -0.2) is 4.39 Å². The number of nitrogens with one attached hydrogen (secondary N) is 1. The maximum atomic E-state index is 12.7. The highest BCUT2D eigenvalue weighted by Gasteiger charge is 2.27. The summed E-state index contributed by atoms with van der Waals surface area (Å²) in [7, 11) is 0. The van der Waals surface area contributed by atoms with E-state index in [1.165, 1.54) is 24.3 Å². The van der Waals surface area contributed by atoms with Gasteiger partial charge in [0, 0.05) is 13.0 Å². The lowest BCUT2D eigenvalue weighted by Crippen LogP contribution is -2.38. The maximum absolute atomic E-state index is 12.7. The quantitative estimate of drug-likeness (QED) is 0.721. The van der Waals surface area contributed by atoms with E-state index in [0.29, 0.717) is 18.8 Å². The van der Waals surface area contributed by atoms with Crippen molar-refractivity contribution in [1.82, 2.24) is 5.32 Å². The molecule has 2 N–H and O–H groups in total. The lowest BCUT2D eigenvalue weighted by Gasteiger charge is -2.19. The second kappa shape index (κ2) is 7.61. The first kappa shape index (κ1) is 16.9. The molecule has 0 spiro atoms. The molecule has 0 aliphatic rings. The summed E-state index contributed by atoms with van der Waals surface area (Å²) in [6.07, 6.45) is 0.744. The number of rotatable bonds is 8. The Labute approximate surface area is 123 Å². The molecule has 0 unspecified atom stereocenters. The molecule has 116 valence electrons. The summed E-state index contributed by atoms with van der Waals surface area (Å²) in [5, 5.41) is 11.5. The molecule has 0 atom stereocenters. The minimum Gasteiger partial charge on any atom is -0.494 e. The molecule has 0 heterocycles. The number of carboxylic acids is 1. The summed E-state index contributed by atoms with van der Waals surface area (Å²) >= 11 is 0. The highest BCUT2D eigenvalue weighted by atomic mass is 19.1. The van der Waals surface area contributed by atoms with Crippen LogP contribution in [0.15, 0.2) is 24.3 Å². The zero-order chi connectivity index (χ0) is 15.9. The van der Waals surface area contributed by atoms with Crippen LogP contribution in [-0.4, -0.2) is 30.1 Å². The van der Waals surface area contributed by atoms with E-state index in [9.17, 15) is 14.0 Å². The van der Waals surface area contributed by atoms with Gasteiger partial charge in [-0.3, -0.25) is 9.59 Å². The molecule has 6 heteroatoms. The van der Waals surface area contributed by atoms with Crippen LogP contribution in [0.4, 0.5) is 4.39 Å². The number of hydrogen-bond acceptors (Lipinski definition) is 3. The van der Waals surface area contributed by atoms with Crippen LogP contribution in [0.3, 0.4) is 0 Å². The Hall–Kier alpha value is -2.11. The van der Waals surface area contributed by atoms with Crippen LogP contribution in [0.5, 0.6) is 5.75 Å². The number of halogens is 1. The molecule has 0 fully saturated rings. The molecule has 0 saturated carbocycles. The first-order valence-corrected chi connectivity index (χ1v) is 6.70. The van der Waals surface area contributed by atoms with E-state index in [1.54, 1.807) is 13.8 Å². The fourth-order valence-electron chi connectivity index (χ4n) is 1.44. The SMILES string of the molecule is CC(C)(CNC(=O)CCCOc1ccc(F)cc1)C(=O)O. The second-order valence-corrected chi connectivity index (χ2v) is 5.37. The lowest BCUT2D eigenvalue weighted by molar-refractivity contribution is -0.146. The van der Waals surface area contributed by atoms with Crippen molar-refractivity contribution in [3.05, 3.63) is 30.1 Å². The molecule has 0 aliphatic carbocycles. The van der Waals surface area contributed by atoms with Crippen molar-refractivity contribution in [2.24, 2.45) is 5.41 Å². The third-order valence-corrected chi connectivity index (χ3v) is 2.94. The molecule has 1 rings (SSSR count). The van der Waals surface area contributed by atoms with Crippen molar-refractivity contribution in [2.45, 2.75) is 26.7 Å². The van der Waals surface area contributed by atoms with E-state index in [4.69, 9.17) is 9.84 Å². The fourth-order valence-corrected chi connectivity index (χ4v) is 1.44. The van der Waals surface area contributed by atoms with Crippen LogP contribution < -0.4 is 10.1 Å². The summed E-state index contributed by atoms with van der Waals surface area (Å²) in [4.78, 5) is 22.4. The molecule has 21 heavy (non-hydrogen) atoms. The molecule has 1 amide bonds. The smallest absolute Gasteiger partial charge is 0.310 e. The number of carbonyl (C=O) groups is 2. The number of amides is 1. The number of ether oxygens (including phenoxy) is 1. The van der Waals surface area contributed by atoms with Crippen molar-refractivity contribution >= 4 is 11.9 Å². The average molecular weight is 297 g/mol. The topological polar surface area (TPSA) is 75.6 Å². The summed E-state index contributed by atoms with van der Waals surface area (Å²) in [5.74, 6) is -0.957. The monoisotopic (exact) mass is 297 g/mol. The van der Waals surface area contributed by atoms with Gasteiger partial charge >= 0.3 is 5.97 Å². The normalized spacial score (nSPS) is 11.0. The van der Waals surface area contributed by atoms with Gasteiger partial charge in [0.15, 0.2) is 0 Å². The first-order chi connectivity index (χ1) is 9.81. The largest absolute Gasteiger partial charge is 0.494 e. The van der Waals surface area contributed by atoms with E-state index in [1.807, 2.05) is 0 Å². The van der Waals surface area contributed by atoms with Gasteiger partial charge in [0.1, 0.15) is 11.6 Å². The van der Waals surface area contributed by atoms with E-state index < -0.39 is 11.4 Å². The first-order valence-electron chi connectivity index (χ1n) is 6.70. The standard InChI is InChI=1S/C15H20FNO4/c1-15(2,14(19)20)10-17-13(18)4-3-9-21-12-7-5-11(16)6-8-12/h5-8H,3-4,9-10H2,1-2H3,(H,17,18)(H,19,20). The van der Waals surface area contributed by atoms with E-state index in [2.05, 4.69) is 5.32 Å². The Morgan fingerprint density at radius 2 is 1.90 bits per heavy atom. The van der Waals surface area contributed by atoms with Crippen molar-refractivity contribution in [2.75, 3.05) is 13.2 Å². The van der Waals surface area contributed by atoms with Crippen LogP contribution in [0.25, 0.3) is 0 Å². The van der Waals surface area contributed by atoms with Crippen LogP contribution in [0.1, 0.15) is 26.7 Å². The van der Waals surface area contributed by atoms with Crippen LogP contribution in [0, 0.1) is 11.2 Å². The predicted molar refractivity (Wildman–Crippen MR) is 75.6 cm³/mol. The van der Waals surface area contributed by atoms with Crippen molar-refractivity contribution in [3.8, 4) is 5.75 Å². The molecule has 0 aliphatic heterocycles. The molecule has 0 saturated heterocycles. The summed E-state index contributed by atoms with van der Waals surface area (Å²) in [5.41, 5.74) is -0.986. The van der Waals surface area contributed by atoms with Gasteiger partial charge in [-0.15, -0.1) is 0 Å². The van der Waals surface area contributed by atoms with Crippen LogP contribution in [-0.2, 0) is 9.59 Å². The van der Waals surface area contributed by atoms with Gasteiger partial charge in [-0.05, 0) is 44.5 Å². The fraction of sp³-hybridized carbons (Fsp3) is 0.467. The van der Waals surface area contributed by atoms with Gasteiger partial charge in [0.05, 0.1) is 12.0 Å². The number of benzene rings is 1. The van der Waals surface area contributed by atoms with Gasteiger partial charge in [0.25, 0.3) is 0 Å². The molecule has 5 nitrogen and oxygen atoms in total. The molecule has 0 radical (unpaired) electrons. The number of aliphatic carboxylic acids is 1. The Balaban J connectivity index is 2.19. The minimum atomic E-state index is -0.986. The van der Waals surface area contributed by atoms with Gasteiger partial charge in [-0.1, -0.05) is 0 Å². The Morgan fingerprint density at radius 1 is 1.29 bits per heavy atom. The minimum absolute atomic E-state index is 0.0833. The molecular formula is C15H20FNO4. The number of carboxylic acid groups (broad SMARTS) is 1. The zero-order valence-corrected chi connectivity index (χ0v) is 12.2. The highest BCUT2D eigenvalue weighted by Crippen LogP contribution is 2.13. The van der Waals surface area contributed by atoms with Crippen molar-refractivity contribution < 1.29 is 23.8 Å². The van der Waals surface area contributed by atoms with E-state index in [0.717, 1.165) is 0 Å². The summed E-state index contributed by atoms with van der Waals surface area (Å²) in [6.45, 7) is 3.52. The third kappa shape index (κ3) is 6.25. The third-order valence-electron chi connectivity index (χ3n) is 2.94. The molecular weight excluding hydrogens is 277 g/mol. The second-order valence-electron chi connectivity index (χ2n) is 5.37. The molecule has 0 bridgehead atoms. The Kier molecular flexibility index (Phi) is 6.14. The van der Waals surface area contributed by atoms with E-state index in [-0.39, 0.29) is 24.7 Å². The predicted octanol–water partition coefficient (Wildman–Crippen LogP) is 2.21. The lowest BCUT2D eigenvalue weighted by atomic mass is 9.94. The van der Waals surface area contributed by atoms with Crippen molar-refractivity contribution in [1.29, 1.82) is 0 Å².